The van der Waals surface area contributed by atoms with E-state index in [0.29, 0.717) is 26.1 Å². The number of nitrogens with zero attached hydrogens (tertiary/aromatic N) is 2. The fraction of sp³-hybridized carbons (Fsp3) is 0.526. The molecular formula is C19H27FIN3O2S. The number of nitrogens with one attached hydrogen (secondary N) is 1. The summed E-state index contributed by atoms with van der Waals surface area (Å²) in [5, 5.41) is 3.35. The molecule has 1 unspecified atom stereocenters. The zero-order valence-corrected chi connectivity index (χ0v) is 18.7. The molecule has 1 aromatic carbocycles. The van der Waals surface area contributed by atoms with Crippen LogP contribution in [-0.4, -0.2) is 50.4 Å². The van der Waals surface area contributed by atoms with Gasteiger partial charge in [-0.25, -0.2) is 17.8 Å². The average Bonchev–Trinajstić information content (AvgIpc) is 2.93. The van der Waals surface area contributed by atoms with Gasteiger partial charge >= 0.3 is 0 Å². The summed E-state index contributed by atoms with van der Waals surface area (Å²) in [6.07, 6.45) is 1.53. The Morgan fingerprint density at radius 1 is 1.41 bits per heavy atom. The number of hydrogen-bond acceptors (Lipinski definition) is 3. The zero-order chi connectivity index (χ0) is 18.7. The number of aliphatic imine (C=N–C) groups is 1. The van der Waals surface area contributed by atoms with Crippen LogP contribution in [0.25, 0.3) is 0 Å². The Bertz CT molecular complexity index is 826. The fourth-order valence-electron chi connectivity index (χ4n) is 3.45. The van der Waals surface area contributed by atoms with Crippen molar-refractivity contribution in [2.45, 2.75) is 26.3 Å². The molecule has 2 aliphatic heterocycles. The highest BCUT2D eigenvalue weighted by molar-refractivity contribution is 14.0. The van der Waals surface area contributed by atoms with Crippen LogP contribution in [0.4, 0.5) is 4.39 Å². The minimum absolute atomic E-state index is 0. The van der Waals surface area contributed by atoms with Gasteiger partial charge in [0.05, 0.1) is 18.1 Å². The van der Waals surface area contributed by atoms with Crippen molar-refractivity contribution in [2.24, 2.45) is 10.9 Å². The Labute approximate surface area is 178 Å². The quantitative estimate of drug-likeness (QED) is 0.295. The van der Waals surface area contributed by atoms with Gasteiger partial charge in [0.2, 0.25) is 0 Å². The highest BCUT2D eigenvalue weighted by atomic mass is 127. The van der Waals surface area contributed by atoms with Gasteiger partial charge in [-0.05, 0) is 48.9 Å². The van der Waals surface area contributed by atoms with Gasteiger partial charge in [0.25, 0.3) is 0 Å². The molecule has 0 aliphatic carbocycles. The van der Waals surface area contributed by atoms with E-state index >= 15 is 0 Å². The topological polar surface area (TPSA) is 61.8 Å². The minimum Gasteiger partial charge on any atom is -0.356 e. The maximum Gasteiger partial charge on any atom is 0.194 e. The summed E-state index contributed by atoms with van der Waals surface area (Å²) in [6, 6.07) is 4.94. The molecule has 0 saturated carbocycles. The van der Waals surface area contributed by atoms with Crippen molar-refractivity contribution in [1.82, 2.24) is 10.2 Å². The second-order valence-corrected chi connectivity index (χ2v) is 9.56. The monoisotopic (exact) mass is 507 g/mol. The van der Waals surface area contributed by atoms with E-state index in [2.05, 4.69) is 21.8 Å². The number of halogens is 2. The number of guanidine groups is 1. The van der Waals surface area contributed by atoms with Gasteiger partial charge in [0, 0.05) is 19.6 Å². The van der Waals surface area contributed by atoms with Crippen LogP contribution in [0.1, 0.15) is 24.5 Å². The number of rotatable bonds is 4. The van der Waals surface area contributed by atoms with Crippen LogP contribution < -0.4 is 5.32 Å². The molecule has 1 fully saturated rings. The number of fused-ring (bicyclic) bond motifs is 1. The largest absolute Gasteiger partial charge is 0.356 e. The highest BCUT2D eigenvalue weighted by Crippen LogP contribution is 2.21. The van der Waals surface area contributed by atoms with Crippen molar-refractivity contribution in [3.8, 4) is 0 Å². The molecule has 0 radical (unpaired) electrons. The summed E-state index contributed by atoms with van der Waals surface area (Å²) in [6.45, 7) is 8.30. The predicted octanol–water partition coefficient (Wildman–Crippen LogP) is 2.76. The molecule has 150 valence electrons. The smallest absolute Gasteiger partial charge is 0.194 e. The molecule has 8 heteroatoms. The van der Waals surface area contributed by atoms with Gasteiger partial charge in [0.1, 0.15) is 5.82 Å². The lowest BCUT2D eigenvalue weighted by Crippen LogP contribution is -2.45. The molecule has 0 bridgehead atoms. The molecular weight excluding hydrogens is 480 g/mol. The lowest BCUT2D eigenvalue weighted by atomic mass is 10.00. The third kappa shape index (κ3) is 6.17. The average molecular weight is 507 g/mol. The van der Waals surface area contributed by atoms with E-state index in [1.54, 1.807) is 6.07 Å². The summed E-state index contributed by atoms with van der Waals surface area (Å²) in [4.78, 5) is 6.73. The van der Waals surface area contributed by atoms with Crippen LogP contribution in [-0.2, 0) is 22.8 Å². The molecule has 1 saturated heterocycles. The molecule has 27 heavy (non-hydrogen) atoms. The van der Waals surface area contributed by atoms with E-state index in [4.69, 9.17) is 0 Å². The lowest BCUT2D eigenvalue weighted by Gasteiger charge is -2.32. The third-order valence-corrected chi connectivity index (χ3v) is 6.69. The molecule has 0 amide bonds. The Morgan fingerprint density at radius 2 is 2.19 bits per heavy atom. The van der Waals surface area contributed by atoms with Gasteiger partial charge in [-0.2, -0.15) is 0 Å². The molecule has 1 N–H and O–H groups in total. The summed E-state index contributed by atoms with van der Waals surface area (Å²) in [5.41, 5.74) is 3.10. The van der Waals surface area contributed by atoms with Crippen LogP contribution in [0.2, 0.25) is 0 Å². The van der Waals surface area contributed by atoms with E-state index in [-0.39, 0.29) is 47.2 Å². The molecule has 1 atom stereocenters. The Balaban J connectivity index is 0.00000261. The first kappa shape index (κ1) is 22.1. The van der Waals surface area contributed by atoms with Crippen molar-refractivity contribution in [3.05, 3.63) is 47.3 Å². The van der Waals surface area contributed by atoms with Crippen LogP contribution >= 0.6 is 24.0 Å². The standard InChI is InChI=1S/C19H26FN3O2S.HI/c1-14(2)10-21-19(22-11-15-6-8-26(24,25)13-15)23-7-5-16-3-4-18(20)9-17(16)12-23;/h3-4,9,15H,1,5-8,10-13H2,2H3,(H,21,22);1H. The molecule has 3 rings (SSSR count). The summed E-state index contributed by atoms with van der Waals surface area (Å²) < 4.78 is 36.9. The second kappa shape index (κ2) is 9.36. The van der Waals surface area contributed by atoms with Crippen LogP contribution in [0.3, 0.4) is 0 Å². The van der Waals surface area contributed by atoms with E-state index in [1.807, 2.05) is 13.0 Å². The van der Waals surface area contributed by atoms with E-state index < -0.39 is 9.84 Å². The number of hydrogen-bond donors (Lipinski definition) is 1. The van der Waals surface area contributed by atoms with Gasteiger partial charge in [-0.1, -0.05) is 18.2 Å². The summed E-state index contributed by atoms with van der Waals surface area (Å²) >= 11 is 0. The van der Waals surface area contributed by atoms with Crippen LogP contribution in [0.15, 0.2) is 35.3 Å². The first-order chi connectivity index (χ1) is 12.3. The van der Waals surface area contributed by atoms with Gasteiger partial charge in [-0.3, -0.25) is 0 Å². The van der Waals surface area contributed by atoms with Gasteiger partial charge < -0.3 is 10.2 Å². The minimum atomic E-state index is -2.89. The first-order valence-electron chi connectivity index (χ1n) is 8.98. The number of sulfone groups is 1. The van der Waals surface area contributed by atoms with E-state index in [9.17, 15) is 12.8 Å². The molecule has 0 spiro atoms. The maximum atomic E-state index is 13.6. The Hall–Kier alpha value is -1.16. The molecule has 2 aliphatic rings. The van der Waals surface area contributed by atoms with Crippen LogP contribution in [0, 0.1) is 11.7 Å². The van der Waals surface area contributed by atoms with Gasteiger partial charge in [-0.15, -0.1) is 24.0 Å². The first-order valence-corrected chi connectivity index (χ1v) is 10.8. The molecule has 5 nitrogen and oxygen atoms in total. The second-order valence-electron chi connectivity index (χ2n) is 7.33. The van der Waals surface area contributed by atoms with E-state index in [0.717, 1.165) is 30.1 Å². The lowest BCUT2D eigenvalue weighted by molar-refractivity contribution is 0.373. The fourth-order valence-corrected chi connectivity index (χ4v) is 5.31. The zero-order valence-electron chi connectivity index (χ0n) is 15.6. The van der Waals surface area contributed by atoms with Crippen molar-refractivity contribution in [3.63, 3.8) is 0 Å². The number of benzene rings is 1. The third-order valence-electron chi connectivity index (χ3n) is 4.85. The highest BCUT2D eigenvalue weighted by Gasteiger charge is 2.28. The Morgan fingerprint density at radius 3 is 2.85 bits per heavy atom. The molecule has 0 aromatic heterocycles. The molecule has 2 heterocycles. The van der Waals surface area contributed by atoms with Gasteiger partial charge in [0.15, 0.2) is 15.8 Å². The van der Waals surface area contributed by atoms with Crippen molar-refractivity contribution >= 4 is 39.8 Å². The van der Waals surface area contributed by atoms with E-state index in [1.165, 1.54) is 11.6 Å². The summed E-state index contributed by atoms with van der Waals surface area (Å²) in [5.74, 6) is 1.14. The SMILES string of the molecule is C=C(C)CN=C(NCC1CCS(=O)(=O)C1)N1CCc2ccc(F)cc2C1.I. The van der Waals surface area contributed by atoms with Crippen molar-refractivity contribution in [1.29, 1.82) is 0 Å². The Kier molecular flexibility index (Phi) is 7.67. The molecule has 1 aromatic rings. The van der Waals surface area contributed by atoms with Crippen molar-refractivity contribution in [2.75, 3.05) is 31.1 Å². The predicted molar refractivity (Wildman–Crippen MR) is 118 cm³/mol. The van der Waals surface area contributed by atoms with Crippen molar-refractivity contribution < 1.29 is 12.8 Å². The maximum absolute atomic E-state index is 13.6. The van der Waals surface area contributed by atoms with Crippen LogP contribution in [0.5, 0.6) is 0 Å². The summed E-state index contributed by atoms with van der Waals surface area (Å²) in [7, 11) is -2.89. The normalized spacial score (nSPS) is 21.3.